The Balaban J connectivity index is 2.27. The lowest BCUT2D eigenvalue weighted by atomic mass is 10.2. The van der Waals surface area contributed by atoms with Gasteiger partial charge in [-0.1, -0.05) is 23.2 Å². The van der Waals surface area contributed by atoms with Gasteiger partial charge in [-0.05, 0) is 18.2 Å². The fraction of sp³-hybridized carbons (Fsp3) is 0.200. The number of hydrogen-bond acceptors (Lipinski definition) is 4. The van der Waals surface area contributed by atoms with E-state index < -0.39 is 11.9 Å². The first-order chi connectivity index (χ1) is 8.11. The van der Waals surface area contributed by atoms with Gasteiger partial charge in [-0.2, -0.15) is 0 Å². The van der Waals surface area contributed by atoms with E-state index in [1.165, 1.54) is 5.48 Å². The van der Waals surface area contributed by atoms with Crippen LogP contribution < -0.4 is 5.48 Å². The van der Waals surface area contributed by atoms with Gasteiger partial charge in [0.25, 0.3) is 5.91 Å². The van der Waals surface area contributed by atoms with Crippen molar-refractivity contribution in [3.63, 3.8) is 0 Å². The molecule has 17 heavy (non-hydrogen) atoms. The topological polar surface area (TPSA) is 70.9 Å². The summed E-state index contributed by atoms with van der Waals surface area (Å²) in [6.07, 6.45) is 0. The molecule has 0 fully saturated rings. The summed E-state index contributed by atoms with van der Waals surface area (Å²) in [5.41, 5.74) is 2.08. The van der Waals surface area contributed by atoms with Crippen LogP contribution in [0.1, 0.15) is 5.56 Å². The van der Waals surface area contributed by atoms with E-state index in [1.54, 1.807) is 18.2 Å². The third-order valence-corrected chi connectivity index (χ3v) is 2.77. The minimum atomic E-state index is -0.762. The maximum atomic E-state index is 11.1. The third kappa shape index (κ3) is 2.52. The maximum Gasteiger partial charge on any atom is 0.271 e. The van der Waals surface area contributed by atoms with Crippen molar-refractivity contribution in [2.24, 2.45) is 4.99 Å². The monoisotopic (exact) mass is 274 g/mol. The number of nitrogens with zero attached hydrogens (tertiary/aromatic N) is 1. The molecule has 1 atom stereocenters. The van der Waals surface area contributed by atoms with Crippen LogP contribution >= 0.6 is 23.2 Å². The molecule has 1 aromatic rings. The van der Waals surface area contributed by atoms with Crippen LogP contribution in [0.2, 0.25) is 10.0 Å². The standard InChI is InChI=1S/C10H8Cl2N2O3/c11-5-1-2-6(7(12)3-5)10-13-8(4-17-10)9(15)14-16/h1-3,8,16H,4H2,(H,14,15)/t8-/m1/s1. The van der Waals surface area contributed by atoms with Crippen molar-refractivity contribution in [3.05, 3.63) is 33.8 Å². The molecule has 0 spiro atoms. The van der Waals surface area contributed by atoms with E-state index >= 15 is 0 Å². The van der Waals surface area contributed by atoms with Gasteiger partial charge < -0.3 is 4.74 Å². The number of hydroxylamine groups is 1. The molecule has 1 aliphatic rings. The number of aliphatic imine (C=N–C) groups is 1. The molecule has 0 aromatic heterocycles. The summed E-state index contributed by atoms with van der Waals surface area (Å²) in [5.74, 6) is -0.356. The predicted octanol–water partition coefficient (Wildman–Crippen LogP) is 1.64. The van der Waals surface area contributed by atoms with E-state index in [-0.39, 0.29) is 12.5 Å². The number of nitrogens with one attached hydrogen (secondary N) is 1. The van der Waals surface area contributed by atoms with Gasteiger partial charge in [0.15, 0.2) is 6.04 Å². The van der Waals surface area contributed by atoms with E-state index in [0.717, 1.165) is 0 Å². The number of benzene rings is 1. The van der Waals surface area contributed by atoms with Crippen LogP contribution in [-0.2, 0) is 9.53 Å². The van der Waals surface area contributed by atoms with Gasteiger partial charge >= 0.3 is 0 Å². The van der Waals surface area contributed by atoms with Crippen LogP contribution in [0.3, 0.4) is 0 Å². The van der Waals surface area contributed by atoms with E-state index in [4.69, 9.17) is 33.1 Å². The number of ether oxygens (including phenoxy) is 1. The second-order valence-electron chi connectivity index (χ2n) is 3.36. The molecule has 1 aliphatic heterocycles. The summed E-state index contributed by atoms with van der Waals surface area (Å²) in [5, 5.41) is 9.37. The molecule has 7 heteroatoms. The molecule has 0 bridgehead atoms. The Morgan fingerprint density at radius 1 is 1.53 bits per heavy atom. The first-order valence-electron chi connectivity index (χ1n) is 4.72. The number of hydrogen-bond donors (Lipinski definition) is 2. The summed E-state index contributed by atoms with van der Waals surface area (Å²) in [6.45, 7) is 0.0701. The van der Waals surface area contributed by atoms with Crippen molar-refractivity contribution in [2.45, 2.75) is 6.04 Å². The van der Waals surface area contributed by atoms with Gasteiger partial charge in [0.2, 0.25) is 5.90 Å². The molecule has 0 saturated heterocycles. The highest BCUT2D eigenvalue weighted by Crippen LogP contribution is 2.24. The van der Waals surface area contributed by atoms with Crippen LogP contribution in [0.15, 0.2) is 23.2 Å². The Morgan fingerprint density at radius 2 is 2.29 bits per heavy atom. The molecular weight excluding hydrogens is 267 g/mol. The van der Waals surface area contributed by atoms with Crippen molar-refractivity contribution in [1.82, 2.24) is 5.48 Å². The third-order valence-electron chi connectivity index (χ3n) is 2.23. The minimum Gasteiger partial charge on any atom is -0.475 e. The molecule has 1 heterocycles. The van der Waals surface area contributed by atoms with Crippen LogP contribution in [0.4, 0.5) is 0 Å². The summed E-state index contributed by atoms with van der Waals surface area (Å²) in [6, 6.07) is 4.10. The van der Waals surface area contributed by atoms with Crippen molar-refractivity contribution >= 4 is 35.0 Å². The van der Waals surface area contributed by atoms with Crippen molar-refractivity contribution in [1.29, 1.82) is 0 Å². The number of amides is 1. The second-order valence-corrected chi connectivity index (χ2v) is 4.20. The quantitative estimate of drug-likeness (QED) is 0.636. The molecule has 2 N–H and O–H groups in total. The molecule has 0 aliphatic carbocycles. The molecule has 2 rings (SSSR count). The smallest absolute Gasteiger partial charge is 0.271 e. The summed E-state index contributed by atoms with van der Waals surface area (Å²) < 4.78 is 5.25. The Labute approximate surface area is 107 Å². The lowest BCUT2D eigenvalue weighted by molar-refractivity contribution is -0.130. The molecular formula is C10H8Cl2N2O3. The van der Waals surface area contributed by atoms with Crippen LogP contribution in [0.5, 0.6) is 0 Å². The lowest BCUT2D eigenvalue weighted by Crippen LogP contribution is -2.31. The molecule has 90 valence electrons. The number of carbonyl (C=O) groups is 1. The van der Waals surface area contributed by atoms with Crippen molar-refractivity contribution in [2.75, 3.05) is 6.61 Å². The van der Waals surface area contributed by atoms with Gasteiger partial charge in [0.05, 0.1) is 10.6 Å². The van der Waals surface area contributed by atoms with Gasteiger partial charge in [0.1, 0.15) is 6.61 Å². The second kappa shape index (κ2) is 4.91. The molecule has 0 unspecified atom stereocenters. The van der Waals surface area contributed by atoms with Crippen LogP contribution in [-0.4, -0.2) is 29.7 Å². The first-order valence-corrected chi connectivity index (χ1v) is 5.47. The van der Waals surface area contributed by atoms with Crippen LogP contribution in [0.25, 0.3) is 0 Å². The summed E-state index contributed by atoms with van der Waals surface area (Å²) in [7, 11) is 0. The van der Waals surface area contributed by atoms with E-state index in [2.05, 4.69) is 4.99 Å². The maximum absolute atomic E-state index is 11.1. The predicted molar refractivity (Wildman–Crippen MR) is 62.7 cm³/mol. The van der Waals surface area contributed by atoms with E-state index in [0.29, 0.717) is 15.6 Å². The number of carbonyl (C=O) groups excluding carboxylic acids is 1. The van der Waals surface area contributed by atoms with E-state index in [1.807, 2.05) is 0 Å². The van der Waals surface area contributed by atoms with Gasteiger partial charge in [-0.3, -0.25) is 10.0 Å². The Bertz CT molecular complexity index is 490. The summed E-state index contributed by atoms with van der Waals surface area (Å²) in [4.78, 5) is 15.1. The lowest BCUT2D eigenvalue weighted by Gasteiger charge is -2.03. The molecule has 0 radical (unpaired) electrons. The fourth-order valence-corrected chi connectivity index (χ4v) is 1.88. The highest BCUT2D eigenvalue weighted by molar-refractivity contribution is 6.36. The Morgan fingerprint density at radius 3 is 2.94 bits per heavy atom. The van der Waals surface area contributed by atoms with Gasteiger partial charge in [0, 0.05) is 5.02 Å². The highest BCUT2D eigenvalue weighted by Gasteiger charge is 2.27. The first kappa shape index (κ1) is 12.2. The molecule has 5 nitrogen and oxygen atoms in total. The highest BCUT2D eigenvalue weighted by atomic mass is 35.5. The zero-order valence-electron chi connectivity index (χ0n) is 8.48. The number of halogens is 2. The van der Waals surface area contributed by atoms with Crippen molar-refractivity contribution in [3.8, 4) is 0 Å². The molecule has 0 saturated carbocycles. The number of rotatable bonds is 2. The zero-order chi connectivity index (χ0) is 12.4. The average Bonchev–Trinajstić information content (AvgIpc) is 2.77. The summed E-state index contributed by atoms with van der Waals surface area (Å²) >= 11 is 11.7. The molecule has 1 amide bonds. The molecule has 1 aromatic carbocycles. The minimum absolute atomic E-state index is 0.0701. The van der Waals surface area contributed by atoms with E-state index in [9.17, 15) is 4.79 Å². The normalized spacial score (nSPS) is 18.5. The SMILES string of the molecule is O=C(NO)[C@H]1COC(c2ccc(Cl)cc2Cl)=N1. The Hall–Kier alpha value is -1.30. The van der Waals surface area contributed by atoms with Crippen molar-refractivity contribution < 1.29 is 14.7 Å². The van der Waals surface area contributed by atoms with Gasteiger partial charge in [-0.15, -0.1) is 0 Å². The Kier molecular flexibility index (Phi) is 3.51. The average molecular weight is 275 g/mol. The van der Waals surface area contributed by atoms with Gasteiger partial charge in [-0.25, -0.2) is 10.5 Å². The largest absolute Gasteiger partial charge is 0.475 e. The zero-order valence-corrected chi connectivity index (χ0v) is 10.00. The van der Waals surface area contributed by atoms with Crippen LogP contribution in [0, 0.1) is 0 Å². The fourth-order valence-electron chi connectivity index (χ4n) is 1.39.